The van der Waals surface area contributed by atoms with Crippen molar-refractivity contribution in [3.63, 3.8) is 0 Å². The Balaban J connectivity index is 0.000000516. The molecule has 10 aromatic rings. The third-order valence-electron chi connectivity index (χ3n) is 13.2. The molecule has 0 amide bonds. The lowest BCUT2D eigenvalue weighted by atomic mass is 10.0. The van der Waals surface area contributed by atoms with Gasteiger partial charge in [0, 0.05) is 122 Å². The number of rotatable bonds is 10. The summed E-state index contributed by atoms with van der Waals surface area (Å²) in [5.41, 5.74) is 6.31. The first-order chi connectivity index (χ1) is 44.8. The van der Waals surface area contributed by atoms with Gasteiger partial charge in [0.1, 0.15) is 18.4 Å². The molecule has 22 heteroatoms. The molecular formula is C72H121N21O. The van der Waals surface area contributed by atoms with Crippen LogP contribution in [-0.2, 0) is 12.8 Å². The van der Waals surface area contributed by atoms with Crippen LogP contribution < -0.4 is 5.32 Å². The molecule has 94 heavy (non-hydrogen) atoms. The molecule has 22 nitrogen and oxygen atoms in total. The SMILES string of the molecule is CC(C)C.CC(C)C1=NCCN1.CC(C)c1ccn[nH]1.CC(C)c1cn[nH]c1.CC(C)c1cn[nH]n1.CC(C)c1cnco1.CC(C)n1cccc1.CC(C)n1cccn1.CC(C)n1ccnc1.CC(C)n1cnc2c1CCCC2.CC(C)n1cnnc1.c1ccncc1. The van der Waals surface area contributed by atoms with E-state index in [2.05, 4.69) is 267 Å². The highest BCUT2D eigenvalue weighted by Crippen LogP contribution is 2.22. The van der Waals surface area contributed by atoms with Gasteiger partial charge in [-0.05, 0) is 161 Å². The normalized spacial score (nSPS) is 11.7. The Hall–Kier alpha value is -8.56. The number of fused-ring (bicyclic) bond motifs is 1. The van der Waals surface area contributed by atoms with E-state index in [1.54, 1.807) is 56.0 Å². The van der Waals surface area contributed by atoms with Gasteiger partial charge in [0.05, 0.1) is 55.0 Å². The third kappa shape index (κ3) is 39.1. The maximum Gasteiger partial charge on any atom is 0.180 e. The lowest BCUT2D eigenvalue weighted by Gasteiger charge is -2.16. The van der Waals surface area contributed by atoms with E-state index in [0.717, 1.165) is 30.5 Å². The predicted molar refractivity (Wildman–Crippen MR) is 386 cm³/mol. The summed E-state index contributed by atoms with van der Waals surface area (Å²) in [7, 11) is 0. The molecule has 0 saturated carbocycles. The van der Waals surface area contributed by atoms with Gasteiger partial charge in [-0.1, -0.05) is 96.1 Å². The first-order valence-electron chi connectivity index (χ1n) is 33.6. The smallest absolute Gasteiger partial charge is 0.180 e. The summed E-state index contributed by atoms with van der Waals surface area (Å²) in [4.78, 5) is 20.1. The van der Waals surface area contributed by atoms with E-state index in [0.29, 0.717) is 59.8 Å². The average molecular weight is 1300 g/mol. The van der Waals surface area contributed by atoms with Crippen molar-refractivity contribution in [3.8, 4) is 0 Å². The van der Waals surface area contributed by atoms with E-state index in [9.17, 15) is 0 Å². The number of nitrogens with zero attached hydrogens (tertiary/aromatic N) is 17. The molecule has 0 radical (unpaired) electrons. The van der Waals surface area contributed by atoms with E-state index in [4.69, 9.17) is 4.42 Å². The average Bonchev–Trinajstić information content (AvgIpc) is 1.70. The van der Waals surface area contributed by atoms with E-state index in [1.165, 1.54) is 60.6 Å². The lowest BCUT2D eigenvalue weighted by molar-refractivity contribution is 0.482. The summed E-state index contributed by atoms with van der Waals surface area (Å²) in [6, 6.07) is 16.4. The molecule has 2 aliphatic rings. The van der Waals surface area contributed by atoms with Crippen molar-refractivity contribution in [2.24, 2.45) is 16.8 Å². The van der Waals surface area contributed by atoms with Gasteiger partial charge in [-0.2, -0.15) is 30.7 Å². The molecule has 0 atom stereocenters. The van der Waals surface area contributed by atoms with Crippen LogP contribution in [0.15, 0.2) is 164 Å². The molecule has 0 fully saturated rings. The molecule has 0 saturated heterocycles. The van der Waals surface area contributed by atoms with Crippen LogP contribution in [0.5, 0.6) is 0 Å². The molecule has 1 aliphatic heterocycles. The quantitative estimate of drug-likeness (QED) is 0.0995. The summed E-state index contributed by atoms with van der Waals surface area (Å²) >= 11 is 0. The van der Waals surface area contributed by atoms with Gasteiger partial charge in [0.15, 0.2) is 6.39 Å². The molecule has 520 valence electrons. The van der Waals surface area contributed by atoms with Crippen molar-refractivity contribution in [2.45, 2.75) is 239 Å². The van der Waals surface area contributed by atoms with Crippen LogP contribution in [0.3, 0.4) is 0 Å². The van der Waals surface area contributed by atoms with Crippen molar-refractivity contribution in [2.75, 3.05) is 13.1 Å². The van der Waals surface area contributed by atoms with Crippen molar-refractivity contribution in [1.29, 1.82) is 0 Å². The number of aromatic nitrogens is 19. The minimum Gasteiger partial charge on any atom is -0.448 e. The fourth-order valence-electron chi connectivity index (χ4n) is 7.55. The number of hydrogen-bond acceptors (Lipinski definition) is 14. The first kappa shape index (κ1) is 83.5. The number of aliphatic imine (C=N–C) groups is 1. The van der Waals surface area contributed by atoms with Crippen LogP contribution in [0.4, 0.5) is 0 Å². The molecule has 4 N–H and O–H groups in total. The molecule has 11 heterocycles. The summed E-state index contributed by atoms with van der Waals surface area (Å²) in [6.07, 6.45) is 38.0. The van der Waals surface area contributed by atoms with E-state index < -0.39 is 0 Å². The second-order valence-electron chi connectivity index (χ2n) is 25.8. The zero-order valence-corrected chi connectivity index (χ0v) is 61.5. The van der Waals surface area contributed by atoms with Crippen LogP contribution in [0.25, 0.3) is 0 Å². The molecule has 0 bridgehead atoms. The summed E-state index contributed by atoms with van der Waals surface area (Å²) < 4.78 is 15.4. The van der Waals surface area contributed by atoms with Crippen molar-refractivity contribution in [1.82, 2.24) is 99.3 Å². The molecule has 0 aromatic carbocycles. The minimum absolute atomic E-state index is 0.456. The van der Waals surface area contributed by atoms with Gasteiger partial charge in [-0.15, -0.1) is 10.2 Å². The van der Waals surface area contributed by atoms with E-state index >= 15 is 0 Å². The largest absolute Gasteiger partial charge is 0.448 e. The minimum atomic E-state index is 0.456. The zero-order chi connectivity index (χ0) is 70.2. The van der Waals surface area contributed by atoms with Gasteiger partial charge < -0.3 is 28.0 Å². The number of hydrogen-bond donors (Lipinski definition) is 4. The number of imidazole rings is 2. The summed E-state index contributed by atoms with van der Waals surface area (Å²) in [5, 5.41) is 37.9. The van der Waals surface area contributed by atoms with Gasteiger partial charge >= 0.3 is 0 Å². The van der Waals surface area contributed by atoms with Crippen LogP contribution in [0.2, 0.25) is 0 Å². The standard InChI is InChI=1S/C10H16N2.C7H11N.3C6H10N2.C6H12N2.C6H10N2.C6H9NO.2C5H9N3.C5H5N.C4H10/c1-8(2)12-7-11-9-5-3-4-6-10(9)12;1-7(2)8-5-3-4-6-8;1-5(2)6-3-7-8-4-6;1-6(2)8-4-3-7-5-8;1-6(2)8-5-3-4-7-8;1-5(2)6-7-3-4-8-6;1-5(2)6-3-4-7-8-6;1-5(2)6-3-7-4-8-6;1-5(2)8-3-6-7-4-8;1-4(2)5-3-6-8-7-5;1-2-4-6-5-3-1;1-4(2)3/h7-8H,3-6H2,1-2H3;3-7H,1-2H3;3-5H,1-2H3,(H,7,8);2*3-6H,1-2H3;5H,3-4H2,1-2H3,(H,7,8);3-5H,1-2H3,(H,7,8);2*3-5H,1-2H3;3-4H,1-2H3,(H,6,7,8);1-5H;4H,1-3H3. The highest BCUT2D eigenvalue weighted by Gasteiger charge is 2.16. The Bertz CT molecular complexity index is 2640. The highest BCUT2D eigenvalue weighted by molar-refractivity contribution is 5.85. The van der Waals surface area contributed by atoms with E-state index in [-0.39, 0.29) is 0 Å². The van der Waals surface area contributed by atoms with Gasteiger partial charge in [0.25, 0.3) is 0 Å². The second kappa shape index (κ2) is 50.0. The number of aryl methyl sites for hydroxylation is 1. The fourth-order valence-corrected chi connectivity index (χ4v) is 7.55. The van der Waals surface area contributed by atoms with Crippen molar-refractivity contribution >= 4 is 5.84 Å². The Labute approximate surface area is 564 Å². The number of aromatic amines is 3. The number of H-pyrrole nitrogens is 3. The van der Waals surface area contributed by atoms with E-state index in [1.807, 2.05) is 89.2 Å². The molecule has 10 aromatic heterocycles. The number of oxazole rings is 1. The van der Waals surface area contributed by atoms with Gasteiger partial charge in [-0.3, -0.25) is 24.9 Å². The van der Waals surface area contributed by atoms with Crippen LogP contribution in [0, 0.1) is 11.8 Å². The first-order valence-corrected chi connectivity index (χ1v) is 33.6. The maximum atomic E-state index is 4.98. The highest BCUT2D eigenvalue weighted by atomic mass is 16.3. The Morgan fingerprint density at radius 2 is 1.15 bits per heavy atom. The summed E-state index contributed by atoms with van der Waals surface area (Å²) in [6.45, 7) is 51.1. The topological polar surface area (TPSA) is 251 Å². The lowest BCUT2D eigenvalue weighted by Crippen LogP contribution is -2.23. The molecule has 1 aliphatic carbocycles. The van der Waals surface area contributed by atoms with Crippen LogP contribution in [-0.4, -0.2) is 113 Å². The zero-order valence-electron chi connectivity index (χ0n) is 61.5. The molecule has 0 unspecified atom stereocenters. The van der Waals surface area contributed by atoms with Gasteiger partial charge in [0.2, 0.25) is 0 Å². The van der Waals surface area contributed by atoms with Crippen LogP contribution >= 0.6 is 0 Å². The molecular weight excluding hydrogens is 1170 g/mol. The fraction of sp³-hybridized carbons (Fsp3) is 0.556. The van der Waals surface area contributed by atoms with Crippen LogP contribution in [0.1, 0.15) is 260 Å². The summed E-state index contributed by atoms with van der Waals surface area (Å²) in [5.74, 6) is 5.63. The number of pyridine rings is 1. The Morgan fingerprint density at radius 3 is 1.45 bits per heavy atom. The Morgan fingerprint density at radius 1 is 0.500 bits per heavy atom. The molecule has 0 spiro atoms. The second-order valence-corrected chi connectivity index (χ2v) is 25.8. The Kier molecular flexibility index (Phi) is 44.4. The number of amidine groups is 1. The van der Waals surface area contributed by atoms with Crippen molar-refractivity contribution < 1.29 is 4.42 Å². The predicted octanol–water partition coefficient (Wildman–Crippen LogP) is 17.4. The van der Waals surface area contributed by atoms with Gasteiger partial charge in [-0.25, -0.2) is 15.0 Å². The number of nitrogens with one attached hydrogen (secondary N) is 4. The van der Waals surface area contributed by atoms with Crippen molar-refractivity contribution in [3.05, 3.63) is 189 Å². The third-order valence-corrected chi connectivity index (χ3v) is 13.2. The monoisotopic (exact) mass is 1300 g/mol. The molecule has 12 rings (SSSR count). The maximum absolute atomic E-state index is 4.98.